The Balaban J connectivity index is 1.95. The minimum Gasteiger partial charge on any atom is -0.460 e. The Kier molecular flexibility index (Phi) is 4.33. The van der Waals surface area contributed by atoms with Crippen molar-refractivity contribution in [1.82, 2.24) is 0 Å². The number of hydrogen-bond donors (Lipinski definition) is 0. The Morgan fingerprint density at radius 2 is 1.15 bits per heavy atom. The number of rotatable bonds is 5. The monoisotopic (exact) mass is 358 g/mol. The number of benzene rings is 3. The zero-order chi connectivity index (χ0) is 18.9. The average molecular weight is 358 g/mol. The van der Waals surface area contributed by atoms with Crippen molar-refractivity contribution < 1.29 is 14.3 Å². The van der Waals surface area contributed by atoms with Crippen molar-refractivity contribution in [3.63, 3.8) is 0 Å². The fourth-order valence-electron chi connectivity index (χ4n) is 3.78. The summed E-state index contributed by atoms with van der Waals surface area (Å²) in [5, 5.41) is 0. The highest BCUT2D eigenvalue weighted by Crippen LogP contribution is 2.66. The molecule has 0 radical (unpaired) electrons. The maximum atomic E-state index is 13.4. The number of hydrogen-bond acceptors (Lipinski definition) is 3. The number of esters is 1. The van der Waals surface area contributed by atoms with Crippen molar-refractivity contribution in [1.29, 1.82) is 0 Å². The largest absolute Gasteiger partial charge is 0.460 e. The minimum atomic E-state index is -1.21. The molecule has 0 saturated carbocycles. The summed E-state index contributed by atoms with van der Waals surface area (Å²) >= 11 is 0. The summed E-state index contributed by atoms with van der Waals surface area (Å²) < 4.78 is 12.1. The van der Waals surface area contributed by atoms with Gasteiger partial charge in [0.05, 0.1) is 6.10 Å². The van der Waals surface area contributed by atoms with Crippen molar-refractivity contribution in [2.24, 2.45) is 0 Å². The van der Waals surface area contributed by atoms with E-state index in [1.54, 1.807) is 0 Å². The van der Waals surface area contributed by atoms with Crippen molar-refractivity contribution in [2.45, 2.75) is 31.2 Å². The summed E-state index contributed by atoms with van der Waals surface area (Å²) in [6, 6.07) is 29.4. The fourth-order valence-corrected chi connectivity index (χ4v) is 3.78. The van der Waals surface area contributed by atoms with Crippen LogP contribution in [-0.2, 0) is 25.5 Å². The predicted octanol–water partition coefficient (Wildman–Crippen LogP) is 4.81. The van der Waals surface area contributed by atoms with Crippen molar-refractivity contribution in [2.75, 3.05) is 0 Å². The second kappa shape index (κ2) is 6.67. The molecular weight excluding hydrogens is 336 g/mol. The van der Waals surface area contributed by atoms with E-state index in [2.05, 4.69) is 0 Å². The van der Waals surface area contributed by atoms with Crippen LogP contribution in [0.1, 0.15) is 30.5 Å². The van der Waals surface area contributed by atoms with Crippen molar-refractivity contribution >= 4 is 5.97 Å². The maximum absolute atomic E-state index is 13.4. The quantitative estimate of drug-likeness (QED) is 0.485. The third kappa shape index (κ3) is 2.66. The lowest BCUT2D eigenvalue weighted by Gasteiger charge is -2.22. The zero-order valence-electron chi connectivity index (χ0n) is 15.5. The van der Waals surface area contributed by atoms with Gasteiger partial charge in [-0.05, 0) is 30.5 Å². The molecule has 1 fully saturated rings. The molecule has 1 unspecified atom stereocenters. The van der Waals surface area contributed by atoms with Gasteiger partial charge in [0.25, 0.3) is 0 Å². The second-order valence-electron chi connectivity index (χ2n) is 7.02. The van der Waals surface area contributed by atoms with E-state index >= 15 is 0 Å². The predicted molar refractivity (Wildman–Crippen MR) is 104 cm³/mol. The number of carbonyl (C=O) groups excluding carboxylic acids is 1. The first-order valence-corrected chi connectivity index (χ1v) is 9.19. The van der Waals surface area contributed by atoms with Gasteiger partial charge < -0.3 is 9.47 Å². The van der Waals surface area contributed by atoms with E-state index in [0.29, 0.717) is 0 Å². The molecule has 1 saturated heterocycles. The maximum Gasteiger partial charge on any atom is 0.347 e. The van der Waals surface area contributed by atoms with Crippen LogP contribution in [0.15, 0.2) is 91.0 Å². The molecule has 0 N–H and O–H groups in total. The van der Waals surface area contributed by atoms with Gasteiger partial charge in [0.15, 0.2) is 5.60 Å². The molecule has 3 nitrogen and oxygen atoms in total. The summed E-state index contributed by atoms with van der Waals surface area (Å²) in [6.07, 6.45) is -0.230. The first-order chi connectivity index (χ1) is 13.1. The van der Waals surface area contributed by atoms with Crippen LogP contribution in [0.5, 0.6) is 0 Å². The van der Waals surface area contributed by atoms with Crippen LogP contribution in [0.3, 0.4) is 0 Å². The normalized spacial score (nSPS) is 20.3. The van der Waals surface area contributed by atoms with Gasteiger partial charge in [-0.3, -0.25) is 0 Å². The van der Waals surface area contributed by atoms with Gasteiger partial charge in [-0.2, -0.15) is 0 Å². The average Bonchev–Trinajstić information content (AvgIpc) is 3.42. The van der Waals surface area contributed by atoms with E-state index in [4.69, 9.17) is 9.47 Å². The molecule has 1 heterocycles. The van der Waals surface area contributed by atoms with Crippen LogP contribution in [0.2, 0.25) is 0 Å². The lowest BCUT2D eigenvalue weighted by molar-refractivity contribution is -0.154. The molecule has 1 aliphatic rings. The number of carbonyl (C=O) groups is 1. The molecule has 0 aromatic heterocycles. The molecular formula is C24H22O3. The Bertz CT molecular complexity index is 880. The molecule has 0 spiro atoms. The summed E-state index contributed by atoms with van der Waals surface area (Å²) in [5.74, 6) is -0.364. The molecule has 0 bridgehead atoms. The van der Waals surface area contributed by atoms with Gasteiger partial charge in [-0.15, -0.1) is 0 Å². The third-order valence-electron chi connectivity index (χ3n) is 4.93. The van der Waals surface area contributed by atoms with Gasteiger partial charge in [-0.1, -0.05) is 91.0 Å². The van der Waals surface area contributed by atoms with Gasteiger partial charge >= 0.3 is 5.97 Å². The van der Waals surface area contributed by atoms with Gasteiger partial charge in [0.1, 0.15) is 0 Å². The van der Waals surface area contributed by atoms with Crippen molar-refractivity contribution in [3.05, 3.63) is 108 Å². The number of epoxide rings is 1. The smallest absolute Gasteiger partial charge is 0.347 e. The van der Waals surface area contributed by atoms with Crippen LogP contribution in [0.25, 0.3) is 0 Å². The fraction of sp³-hybridized carbons (Fsp3) is 0.208. The minimum absolute atomic E-state index is 0.230. The Morgan fingerprint density at radius 1 is 0.741 bits per heavy atom. The van der Waals surface area contributed by atoms with Crippen molar-refractivity contribution in [3.8, 4) is 0 Å². The van der Waals surface area contributed by atoms with Crippen LogP contribution < -0.4 is 0 Å². The summed E-state index contributed by atoms with van der Waals surface area (Å²) in [7, 11) is 0. The molecule has 3 aromatic rings. The Hall–Kier alpha value is -2.91. The van der Waals surface area contributed by atoms with Crippen LogP contribution in [0.4, 0.5) is 0 Å². The van der Waals surface area contributed by atoms with E-state index in [-0.39, 0.29) is 12.1 Å². The molecule has 0 aliphatic carbocycles. The highest BCUT2D eigenvalue weighted by atomic mass is 16.7. The molecule has 27 heavy (non-hydrogen) atoms. The van der Waals surface area contributed by atoms with Gasteiger partial charge in [-0.25, -0.2) is 4.79 Å². The molecule has 1 aliphatic heterocycles. The van der Waals surface area contributed by atoms with Gasteiger partial charge in [0.2, 0.25) is 5.60 Å². The first-order valence-electron chi connectivity index (χ1n) is 9.19. The SMILES string of the molecule is CC(C)OC(=O)C1(c2ccccc2)OC1(c1ccccc1)c1ccccc1. The third-order valence-corrected chi connectivity index (χ3v) is 4.93. The molecule has 3 heteroatoms. The van der Waals surface area contributed by atoms with E-state index < -0.39 is 11.2 Å². The van der Waals surface area contributed by atoms with E-state index in [1.165, 1.54) is 0 Å². The van der Waals surface area contributed by atoms with Crippen LogP contribution in [0, 0.1) is 0 Å². The van der Waals surface area contributed by atoms with E-state index in [9.17, 15) is 4.79 Å². The van der Waals surface area contributed by atoms with E-state index in [0.717, 1.165) is 16.7 Å². The molecule has 1 atom stereocenters. The topological polar surface area (TPSA) is 38.8 Å². The lowest BCUT2D eigenvalue weighted by Crippen LogP contribution is -2.34. The van der Waals surface area contributed by atoms with Gasteiger partial charge in [0, 0.05) is 0 Å². The second-order valence-corrected chi connectivity index (χ2v) is 7.02. The highest BCUT2D eigenvalue weighted by molar-refractivity contribution is 5.89. The summed E-state index contributed by atoms with van der Waals surface area (Å²) in [5.41, 5.74) is 0.536. The first kappa shape index (κ1) is 17.5. The highest BCUT2D eigenvalue weighted by Gasteiger charge is 2.78. The van der Waals surface area contributed by atoms with Crippen LogP contribution >= 0.6 is 0 Å². The summed E-state index contributed by atoms with van der Waals surface area (Å²) in [4.78, 5) is 13.4. The molecule has 0 amide bonds. The standard InChI is InChI=1S/C24H22O3/c1-18(2)26-22(25)24(21-16-10-5-11-17-21)23(27-24,19-12-6-3-7-13-19)20-14-8-4-9-15-20/h3-18H,1-2H3. The summed E-state index contributed by atoms with van der Waals surface area (Å²) in [6.45, 7) is 3.71. The molecule has 4 rings (SSSR count). The Labute approximate surface area is 159 Å². The lowest BCUT2D eigenvalue weighted by atomic mass is 9.77. The molecule has 3 aromatic carbocycles. The van der Waals surface area contributed by atoms with Crippen LogP contribution in [-0.4, -0.2) is 12.1 Å². The molecule has 136 valence electrons. The van der Waals surface area contributed by atoms with E-state index in [1.807, 2.05) is 105 Å². The zero-order valence-corrected chi connectivity index (χ0v) is 15.5. The number of ether oxygens (including phenoxy) is 2. The Morgan fingerprint density at radius 3 is 1.56 bits per heavy atom.